The lowest BCUT2D eigenvalue weighted by Crippen LogP contribution is -2.15. The molecule has 1 fully saturated rings. The van der Waals surface area contributed by atoms with Crippen LogP contribution in [-0.4, -0.2) is 29.4 Å². The molecular weight excluding hydrogens is 228 g/mol. The van der Waals surface area contributed by atoms with Crippen molar-refractivity contribution in [3.8, 4) is 5.75 Å². The monoisotopic (exact) mass is 246 g/mol. The first-order valence-electron chi connectivity index (χ1n) is 6.40. The van der Waals surface area contributed by atoms with Gasteiger partial charge in [0.1, 0.15) is 11.6 Å². The predicted molar refractivity (Wildman–Crippen MR) is 70.0 cm³/mol. The Morgan fingerprint density at radius 2 is 2.39 bits per heavy atom. The van der Waals surface area contributed by atoms with Crippen molar-refractivity contribution < 1.29 is 9.47 Å². The molecule has 1 unspecified atom stereocenters. The van der Waals surface area contributed by atoms with Crippen LogP contribution in [0.15, 0.2) is 18.2 Å². The van der Waals surface area contributed by atoms with E-state index in [2.05, 4.69) is 9.55 Å². The second-order valence-electron chi connectivity index (χ2n) is 4.76. The van der Waals surface area contributed by atoms with E-state index in [1.807, 2.05) is 25.1 Å². The van der Waals surface area contributed by atoms with E-state index in [4.69, 9.17) is 9.47 Å². The maximum atomic E-state index is 5.71. The van der Waals surface area contributed by atoms with Crippen LogP contribution in [0.3, 0.4) is 0 Å². The molecule has 1 aliphatic heterocycles. The van der Waals surface area contributed by atoms with E-state index in [-0.39, 0.29) is 0 Å². The number of nitrogens with zero attached hydrogens (tertiary/aromatic N) is 2. The molecule has 18 heavy (non-hydrogen) atoms. The molecule has 1 aromatic carbocycles. The van der Waals surface area contributed by atoms with Gasteiger partial charge in [-0.3, -0.25) is 0 Å². The Balaban J connectivity index is 2.00. The van der Waals surface area contributed by atoms with Crippen LogP contribution in [0.4, 0.5) is 0 Å². The first kappa shape index (κ1) is 11.5. The molecule has 1 saturated heterocycles. The van der Waals surface area contributed by atoms with Crippen molar-refractivity contribution in [3.63, 3.8) is 0 Å². The molecule has 2 aromatic rings. The normalized spacial score (nSPS) is 19.6. The van der Waals surface area contributed by atoms with Gasteiger partial charge in [-0.05, 0) is 31.9 Å². The number of hydrogen-bond acceptors (Lipinski definition) is 3. The molecule has 0 amide bonds. The van der Waals surface area contributed by atoms with E-state index < -0.39 is 0 Å². The van der Waals surface area contributed by atoms with Gasteiger partial charge in [0, 0.05) is 12.7 Å². The van der Waals surface area contributed by atoms with Gasteiger partial charge in [0.2, 0.25) is 0 Å². The highest BCUT2D eigenvalue weighted by Crippen LogP contribution is 2.24. The van der Waals surface area contributed by atoms with Crippen molar-refractivity contribution in [2.24, 2.45) is 0 Å². The number of aryl methyl sites for hydroxylation is 1. The summed E-state index contributed by atoms with van der Waals surface area (Å²) in [6.07, 6.45) is 2.63. The molecule has 0 radical (unpaired) electrons. The Morgan fingerprint density at radius 3 is 3.11 bits per heavy atom. The summed E-state index contributed by atoms with van der Waals surface area (Å²) in [7, 11) is 1.69. The van der Waals surface area contributed by atoms with Crippen LogP contribution in [0.25, 0.3) is 11.0 Å². The van der Waals surface area contributed by atoms with Crippen molar-refractivity contribution in [3.05, 3.63) is 24.0 Å². The Hall–Kier alpha value is -1.55. The van der Waals surface area contributed by atoms with Crippen molar-refractivity contribution in [2.75, 3.05) is 13.7 Å². The first-order chi connectivity index (χ1) is 8.78. The SMILES string of the molecule is COc1ccc2nc(C)n(CC3CCCO3)c2c1. The number of methoxy groups -OCH3 is 1. The zero-order chi connectivity index (χ0) is 12.5. The van der Waals surface area contributed by atoms with E-state index in [1.165, 1.54) is 6.42 Å². The summed E-state index contributed by atoms with van der Waals surface area (Å²) in [6.45, 7) is 3.82. The summed E-state index contributed by atoms with van der Waals surface area (Å²) in [5.41, 5.74) is 2.15. The average Bonchev–Trinajstić information content (AvgIpc) is 2.99. The van der Waals surface area contributed by atoms with Gasteiger partial charge in [0.05, 0.1) is 30.8 Å². The third-order valence-corrected chi connectivity index (χ3v) is 3.56. The first-order valence-corrected chi connectivity index (χ1v) is 6.40. The highest BCUT2D eigenvalue weighted by atomic mass is 16.5. The van der Waals surface area contributed by atoms with Gasteiger partial charge >= 0.3 is 0 Å². The van der Waals surface area contributed by atoms with Gasteiger partial charge in [-0.2, -0.15) is 0 Å². The molecule has 3 rings (SSSR count). The molecule has 96 valence electrons. The van der Waals surface area contributed by atoms with Crippen LogP contribution < -0.4 is 4.74 Å². The van der Waals surface area contributed by atoms with Crippen LogP contribution in [0, 0.1) is 6.92 Å². The van der Waals surface area contributed by atoms with Crippen molar-refractivity contribution >= 4 is 11.0 Å². The maximum Gasteiger partial charge on any atom is 0.121 e. The van der Waals surface area contributed by atoms with Crippen LogP contribution in [0.2, 0.25) is 0 Å². The molecule has 1 aliphatic rings. The predicted octanol–water partition coefficient (Wildman–Crippen LogP) is 2.53. The zero-order valence-corrected chi connectivity index (χ0v) is 10.8. The maximum absolute atomic E-state index is 5.71. The second-order valence-corrected chi connectivity index (χ2v) is 4.76. The van der Waals surface area contributed by atoms with Gasteiger partial charge in [-0.15, -0.1) is 0 Å². The average molecular weight is 246 g/mol. The summed E-state index contributed by atoms with van der Waals surface area (Å²) < 4.78 is 13.2. The summed E-state index contributed by atoms with van der Waals surface area (Å²) in [4.78, 5) is 4.58. The molecule has 1 aromatic heterocycles. The minimum absolute atomic E-state index is 0.326. The molecule has 0 bridgehead atoms. The fourth-order valence-corrected chi connectivity index (χ4v) is 2.57. The van der Waals surface area contributed by atoms with Crippen molar-refractivity contribution in [1.29, 1.82) is 0 Å². The van der Waals surface area contributed by atoms with Gasteiger partial charge in [0.25, 0.3) is 0 Å². The van der Waals surface area contributed by atoms with Crippen LogP contribution in [-0.2, 0) is 11.3 Å². The molecule has 2 heterocycles. The lowest BCUT2D eigenvalue weighted by atomic mass is 10.2. The molecule has 0 aliphatic carbocycles. The fourth-order valence-electron chi connectivity index (χ4n) is 2.57. The summed E-state index contributed by atoms with van der Waals surface area (Å²) in [5, 5.41) is 0. The molecular formula is C14H18N2O2. The Morgan fingerprint density at radius 1 is 1.50 bits per heavy atom. The molecule has 4 nitrogen and oxygen atoms in total. The second kappa shape index (κ2) is 4.61. The van der Waals surface area contributed by atoms with E-state index in [0.29, 0.717) is 6.10 Å². The molecule has 1 atom stereocenters. The van der Waals surface area contributed by atoms with Gasteiger partial charge in [0.15, 0.2) is 0 Å². The minimum Gasteiger partial charge on any atom is -0.497 e. The lowest BCUT2D eigenvalue weighted by Gasteiger charge is -2.13. The number of benzene rings is 1. The molecule has 0 N–H and O–H groups in total. The Labute approximate surface area is 107 Å². The van der Waals surface area contributed by atoms with Gasteiger partial charge in [-0.25, -0.2) is 4.98 Å². The van der Waals surface area contributed by atoms with Crippen LogP contribution in [0.1, 0.15) is 18.7 Å². The van der Waals surface area contributed by atoms with E-state index in [1.54, 1.807) is 7.11 Å². The lowest BCUT2D eigenvalue weighted by molar-refractivity contribution is 0.0974. The van der Waals surface area contributed by atoms with Crippen LogP contribution in [0.5, 0.6) is 5.75 Å². The number of hydrogen-bond donors (Lipinski definition) is 0. The van der Waals surface area contributed by atoms with Crippen molar-refractivity contribution in [1.82, 2.24) is 9.55 Å². The quantitative estimate of drug-likeness (QED) is 0.835. The van der Waals surface area contributed by atoms with E-state index in [0.717, 1.165) is 42.2 Å². The summed E-state index contributed by atoms with van der Waals surface area (Å²) in [6, 6.07) is 6.00. The topological polar surface area (TPSA) is 36.3 Å². The van der Waals surface area contributed by atoms with Crippen molar-refractivity contribution in [2.45, 2.75) is 32.4 Å². The van der Waals surface area contributed by atoms with E-state index >= 15 is 0 Å². The Kier molecular flexibility index (Phi) is 2.96. The van der Waals surface area contributed by atoms with E-state index in [9.17, 15) is 0 Å². The largest absolute Gasteiger partial charge is 0.497 e. The third kappa shape index (κ3) is 1.97. The third-order valence-electron chi connectivity index (χ3n) is 3.56. The Bertz CT molecular complexity index is 556. The minimum atomic E-state index is 0.326. The molecule has 0 saturated carbocycles. The van der Waals surface area contributed by atoms with Gasteiger partial charge in [-0.1, -0.05) is 0 Å². The number of ether oxygens (including phenoxy) is 2. The fraction of sp³-hybridized carbons (Fsp3) is 0.500. The molecule has 0 spiro atoms. The number of rotatable bonds is 3. The van der Waals surface area contributed by atoms with Gasteiger partial charge < -0.3 is 14.0 Å². The molecule has 4 heteroatoms. The zero-order valence-electron chi connectivity index (χ0n) is 10.8. The number of aromatic nitrogens is 2. The number of fused-ring (bicyclic) bond motifs is 1. The standard InChI is InChI=1S/C14H18N2O2/c1-10-15-13-6-5-11(17-2)8-14(13)16(10)9-12-4-3-7-18-12/h5-6,8,12H,3-4,7,9H2,1-2H3. The highest BCUT2D eigenvalue weighted by Gasteiger charge is 2.18. The smallest absolute Gasteiger partial charge is 0.121 e. The summed E-state index contributed by atoms with van der Waals surface area (Å²) in [5.74, 6) is 1.91. The van der Waals surface area contributed by atoms with Crippen LogP contribution >= 0.6 is 0 Å². The summed E-state index contributed by atoms with van der Waals surface area (Å²) >= 11 is 0. The highest BCUT2D eigenvalue weighted by molar-refractivity contribution is 5.77. The number of imidazole rings is 1.